The van der Waals surface area contributed by atoms with Crippen LogP contribution in [0.2, 0.25) is 0 Å². The van der Waals surface area contributed by atoms with Crippen molar-refractivity contribution in [1.82, 2.24) is 0 Å². The summed E-state index contributed by atoms with van der Waals surface area (Å²) in [6, 6.07) is 0. The third-order valence-corrected chi connectivity index (χ3v) is 4.82. The van der Waals surface area contributed by atoms with Gasteiger partial charge in [-0.05, 0) is 38.0 Å². The zero-order chi connectivity index (χ0) is 20.1. The average molecular weight is 379 g/mol. The molecule has 27 heavy (non-hydrogen) atoms. The van der Waals surface area contributed by atoms with Crippen molar-refractivity contribution in [2.24, 2.45) is 11.8 Å². The second-order valence-corrected chi connectivity index (χ2v) is 7.03. The van der Waals surface area contributed by atoms with E-state index in [0.717, 1.165) is 19.3 Å². The van der Waals surface area contributed by atoms with Crippen LogP contribution >= 0.6 is 0 Å². The summed E-state index contributed by atoms with van der Waals surface area (Å²) < 4.78 is 0. The van der Waals surface area contributed by atoms with E-state index < -0.39 is 24.3 Å². The highest BCUT2D eigenvalue weighted by Crippen LogP contribution is 2.36. The number of carboxylic acid groups (broad SMARTS) is 1. The molecule has 1 aliphatic rings. The monoisotopic (exact) mass is 378 g/mol. The van der Waals surface area contributed by atoms with E-state index in [1.165, 1.54) is 0 Å². The quantitative estimate of drug-likeness (QED) is 0.390. The third-order valence-electron chi connectivity index (χ3n) is 4.82. The molecule has 5 nitrogen and oxygen atoms in total. The van der Waals surface area contributed by atoms with Gasteiger partial charge in [0.15, 0.2) is 0 Å². The lowest BCUT2D eigenvalue weighted by molar-refractivity contribution is -0.137. The zero-order valence-electron chi connectivity index (χ0n) is 16.2. The minimum atomic E-state index is -0.910. The fraction of sp³-hybridized carbons (Fsp3) is 0.591. The first kappa shape index (κ1) is 23.3. The first-order valence-corrected chi connectivity index (χ1v) is 9.85. The predicted molar refractivity (Wildman–Crippen MR) is 107 cm³/mol. The van der Waals surface area contributed by atoms with Crippen LogP contribution < -0.4 is 0 Å². The Hall–Kier alpha value is -1.69. The van der Waals surface area contributed by atoms with Gasteiger partial charge in [0, 0.05) is 18.8 Å². The van der Waals surface area contributed by atoms with Gasteiger partial charge in [-0.25, -0.2) is 0 Å². The van der Waals surface area contributed by atoms with Gasteiger partial charge in [-0.3, -0.25) is 4.79 Å². The molecule has 0 spiro atoms. The molecule has 1 aliphatic carbocycles. The van der Waals surface area contributed by atoms with E-state index in [0.29, 0.717) is 12.8 Å². The molecule has 0 aromatic heterocycles. The van der Waals surface area contributed by atoms with Crippen LogP contribution in [0, 0.1) is 11.8 Å². The molecule has 0 heterocycles. The largest absolute Gasteiger partial charge is 0.481 e. The molecule has 1 rings (SSSR count). The van der Waals surface area contributed by atoms with Crippen molar-refractivity contribution in [2.75, 3.05) is 0 Å². The Labute approximate surface area is 162 Å². The maximum Gasteiger partial charge on any atom is 0.303 e. The van der Waals surface area contributed by atoms with E-state index in [1.54, 1.807) is 12.2 Å². The topological polar surface area (TPSA) is 98.0 Å². The Morgan fingerprint density at radius 2 is 1.67 bits per heavy atom. The number of aliphatic carboxylic acids is 1. The second kappa shape index (κ2) is 13.5. The molecule has 5 heteroatoms. The van der Waals surface area contributed by atoms with E-state index in [1.807, 2.05) is 12.2 Å². The molecule has 0 unspecified atom stereocenters. The predicted octanol–water partition coefficient (Wildman–Crippen LogP) is 3.38. The van der Waals surface area contributed by atoms with Crippen LogP contribution in [0.1, 0.15) is 51.9 Å². The molecule has 4 N–H and O–H groups in total. The first-order chi connectivity index (χ1) is 13.0. The summed E-state index contributed by atoms with van der Waals surface area (Å²) in [6.07, 6.45) is 17.5. The van der Waals surface area contributed by atoms with Gasteiger partial charge in [0.05, 0.1) is 18.3 Å². The normalized spacial score (nSPS) is 27.6. The van der Waals surface area contributed by atoms with Crippen molar-refractivity contribution in [3.8, 4) is 0 Å². The van der Waals surface area contributed by atoms with Crippen molar-refractivity contribution >= 4 is 5.97 Å². The summed E-state index contributed by atoms with van der Waals surface area (Å²) in [4.78, 5) is 10.8. The number of carbonyl (C=O) groups is 1. The van der Waals surface area contributed by atoms with Gasteiger partial charge in [-0.15, -0.1) is 0 Å². The maximum atomic E-state index is 10.8. The van der Waals surface area contributed by atoms with Gasteiger partial charge in [0.2, 0.25) is 0 Å². The Balaban J connectivity index is 2.39. The van der Waals surface area contributed by atoms with Crippen LogP contribution in [0.3, 0.4) is 0 Å². The standard InChI is InChI=1S/C22H34O5/c1-2-3-4-5-6-7-8-9-10-11-17(23)12-13-18-19(14-15-22(26)27)21(25)16-20(18)24/h3-4,6-7,9-10,12-13,17-21,23-25H,2,5,8,11,14-16H2,1H3,(H,26,27)/b4-3-,7-6+,10-9-,13-12+/t17-,18+,19+,20-,21+/m0/s1. The zero-order valence-corrected chi connectivity index (χ0v) is 16.2. The lowest BCUT2D eigenvalue weighted by Gasteiger charge is -2.20. The number of hydrogen-bond donors (Lipinski definition) is 4. The average Bonchev–Trinajstić information content (AvgIpc) is 2.89. The molecule has 152 valence electrons. The van der Waals surface area contributed by atoms with Crippen molar-refractivity contribution in [3.05, 3.63) is 48.6 Å². The summed E-state index contributed by atoms with van der Waals surface area (Å²) in [7, 11) is 0. The molecule has 0 aliphatic heterocycles. The smallest absolute Gasteiger partial charge is 0.303 e. The SMILES string of the molecule is CC/C=C\C/C=C/C/C=C\C[C@H](O)/C=C/[C@@H]1[C@@H](CCC(=O)O)[C@H](O)C[C@@H]1O. The molecular weight excluding hydrogens is 344 g/mol. The van der Waals surface area contributed by atoms with Gasteiger partial charge in [-0.1, -0.05) is 55.5 Å². The van der Waals surface area contributed by atoms with Crippen LogP contribution in [0.25, 0.3) is 0 Å². The summed E-state index contributed by atoms with van der Waals surface area (Å²) >= 11 is 0. The molecule has 0 aromatic carbocycles. The highest BCUT2D eigenvalue weighted by molar-refractivity contribution is 5.66. The van der Waals surface area contributed by atoms with Crippen molar-refractivity contribution in [1.29, 1.82) is 0 Å². The Kier molecular flexibility index (Phi) is 11.7. The van der Waals surface area contributed by atoms with Gasteiger partial charge in [-0.2, -0.15) is 0 Å². The molecule has 5 atom stereocenters. The van der Waals surface area contributed by atoms with E-state index in [-0.39, 0.29) is 24.7 Å². The fourth-order valence-corrected chi connectivity index (χ4v) is 3.35. The molecule has 0 radical (unpaired) electrons. The molecular formula is C22H34O5. The van der Waals surface area contributed by atoms with Crippen LogP contribution in [0.5, 0.6) is 0 Å². The summed E-state index contributed by atoms with van der Waals surface area (Å²) in [5, 5.41) is 39.0. The van der Waals surface area contributed by atoms with E-state index >= 15 is 0 Å². The first-order valence-electron chi connectivity index (χ1n) is 9.85. The number of aliphatic hydroxyl groups is 3. The lowest BCUT2D eigenvalue weighted by Crippen LogP contribution is -2.22. The second-order valence-electron chi connectivity index (χ2n) is 7.03. The Morgan fingerprint density at radius 1 is 1.04 bits per heavy atom. The lowest BCUT2D eigenvalue weighted by atomic mass is 9.88. The minimum Gasteiger partial charge on any atom is -0.481 e. The van der Waals surface area contributed by atoms with Crippen LogP contribution in [-0.2, 0) is 4.79 Å². The number of aliphatic hydroxyl groups excluding tert-OH is 3. The van der Waals surface area contributed by atoms with Gasteiger partial charge in [0.25, 0.3) is 0 Å². The molecule has 0 aromatic rings. The van der Waals surface area contributed by atoms with Crippen LogP contribution in [0.4, 0.5) is 0 Å². The molecule has 0 bridgehead atoms. The van der Waals surface area contributed by atoms with Crippen molar-refractivity contribution < 1.29 is 25.2 Å². The number of allylic oxidation sites excluding steroid dienone is 5. The van der Waals surface area contributed by atoms with Crippen molar-refractivity contribution in [3.63, 3.8) is 0 Å². The Bertz CT molecular complexity index is 535. The third kappa shape index (κ3) is 9.70. The van der Waals surface area contributed by atoms with Gasteiger partial charge < -0.3 is 20.4 Å². The van der Waals surface area contributed by atoms with E-state index in [9.17, 15) is 20.1 Å². The highest BCUT2D eigenvalue weighted by Gasteiger charge is 2.40. The Morgan fingerprint density at radius 3 is 2.30 bits per heavy atom. The number of carboxylic acids is 1. The minimum absolute atomic E-state index is 0.0359. The highest BCUT2D eigenvalue weighted by atomic mass is 16.4. The van der Waals surface area contributed by atoms with E-state index in [4.69, 9.17) is 5.11 Å². The molecule has 1 fully saturated rings. The molecule has 0 amide bonds. The molecule has 0 saturated heterocycles. The van der Waals surface area contributed by atoms with Gasteiger partial charge >= 0.3 is 5.97 Å². The summed E-state index contributed by atoms with van der Waals surface area (Å²) in [5.74, 6) is -1.52. The van der Waals surface area contributed by atoms with Crippen LogP contribution in [-0.4, -0.2) is 44.7 Å². The maximum absolute atomic E-state index is 10.8. The van der Waals surface area contributed by atoms with Crippen molar-refractivity contribution in [2.45, 2.75) is 70.2 Å². The molecule has 1 saturated carbocycles. The van der Waals surface area contributed by atoms with Crippen LogP contribution in [0.15, 0.2) is 48.6 Å². The van der Waals surface area contributed by atoms with E-state index in [2.05, 4.69) is 31.2 Å². The number of hydrogen-bond acceptors (Lipinski definition) is 4. The fourth-order valence-electron chi connectivity index (χ4n) is 3.35. The summed E-state index contributed by atoms with van der Waals surface area (Å²) in [5.41, 5.74) is 0. The number of rotatable bonds is 12. The summed E-state index contributed by atoms with van der Waals surface area (Å²) in [6.45, 7) is 2.11. The van der Waals surface area contributed by atoms with Gasteiger partial charge in [0.1, 0.15) is 0 Å².